The number of halogens is 1. The smallest absolute Gasteiger partial charge is 0.272 e. The zero-order valence-corrected chi connectivity index (χ0v) is 14.6. The van der Waals surface area contributed by atoms with E-state index in [1.54, 1.807) is 16.0 Å². The van der Waals surface area contributed by atoms with E-state index in [9.17, 15) is 4.79 Å². The van der Waals surface area contributed by atoms with Gasteiger partial charge in [0.2, 0.25) is 0 Å². The Kier molecular flexibility index (Phi) is 4.12. The van der Waals surface area contributed by atoms with Crippen LogP contribution in [0.25, 0.3) is 16.3 Å². The Balaban J connectivity index is 1.84. The molecule has 1 amide bonds. The minimum Gasteiger partial charge on any atom is -0.337 e. The first kappa shape index (κ1) is 15.4. The molecule has 1 aliphatic rings. The van der Waals surface area contributed by atoms with Crippen LogP contribution in [-0.2, 0) is 0 Å². The number of benzene rings is 1. The highest BCUT2D eigenvalue weighted by molar-refractivity contribution is 7.13. The van der Waals surface area contributed by atoms with Crippen LogP contribution < -0.4 is 0 Å². The quantitative estimate of drug-likeness (QED) is 0.692. The fourth-order valence-corrected chi connectivity index (χ4v) is 3.86. The Labute approximate surface area is 149 Å². The summed E-state index contributed by atoms with van der Waals surface area (Å²) in [6, 6.07) is 13.3. The molecule has 0 bridgehead atoms. The maximum absolute atomic E-state index is 13.0. The number of carbonyl (C=O) groups excluding carboxylic acids is 1. The Hall–Kier alpha value is -2.11. The predicted molar refractivity (Wildman–Crippen MR) is 97.0 cm³/mol. The first-order chi connectivity index (χ1) is 11.7. The zero-order chi connectivity index (χ0) is 16.5. The van der Waals surface area contributed by atoms with E-state index in [0.717, 1.165) is 42.2 Å². The number of thiophene rings is 1. The summed E-state index contributed by atoms with van der Waals surface area (Å²) in [6.07, 6.45) is 2.12. The van der Waals surface area contributed by atoms with Gasteiger partial charge in [0.15, 0.2) is 0 Å². The Bertz CT molecular complexity index is 866. The molecule has 0 aliphatic carbocycles. The summed E-state index contributed by atoms with van der Waals surface area (Å²) < 4.78 is 1.68. The summed E-state index contributed by atoms with van der Waals surface area (Å²) in [7, 11) is 0. The molecule has 1 saturated heterocycles. The average molecular weight is 358 g/mol. The second-order valence-electron chi connectivity index (χ2n) is 5.75. The molecular formula is C18H16ClN3OS. The number of carbonyl (C=O) groups is 1. The molecule has 2 aromatic heterocycles. The number of nitrogens with zero attached hydrogens (tertiary/aromatic N) is 3. The Morgan fingerprint density at radius 3 is 2.62 bits per heavy atom. The van der Waals surface area contributed by atoms with Gasteiger partial charge >= 0.3 is 0 Å². The first-order valence-electron chi connectivity index (χ1n) is 7.92. The average Bonchev–Trinajstić information content (AvgIpc) is 3.34. The standard InChI is InChI=1S/C18H16ClN3OS/c19-13-6-1-2-7-15(13)22-16(18(23)21-9-3-4-10-21)12-14(20-22)17-8-5-11-24-17/h1-2,5-8,11-12H,3-4,9-10H2. The molecule has 1 aromatic carbocycles. The van der Waals surface area contributed by atoms with Crippen molar-refractivity contribution in [2.24, 2.45) is 0 Å². The van der Waals surface area contributed by atoms with Crippen molar-refractivity contribution in [1.29, 1.82) is 0 Å². The minimum atomic E-state index is 0.0164. The van der Waals surface area contributed by atoms with Crippen LogP contribution in [0.2, 0.25) is 5.02 Å². The van der Waals surface area contributed by atoms with E-state index >= 15 is 0 Å². The molecule has 3 heterocycles. The van der Waals surface area contributed by atoms with Gasteiger partial charge in [-0.05, 0) is 42.5 Å². The van der Waals surface area contributed by atoms with Crippen LogP contribution in [0.4, 0.5) is 0 Å². The van der Waals surface area contributed by atoms with E-state index in [0.29, 0.717) is 10.7 Å². The molecule has 4 rings (SSSR count). The molecule has 0 N–H and O–H groups in total. The van der Waals surface area contributed by atoms with Gasteiger partial charge in [-0.2, -0.15) is 5.10 Å². The highest BCUT2D eigenvalue weighted by Gasteiger charge is 2.25. The van der Waals surface area contributed by atoms with Gasteiger partial charge in [-0.15, -0.1) is 11.3 Å². The molecule has 0 unspecified atom stereocenters. The van der Waals surface area contributed by atoms with Crippen LogP contribution in [0.3, 0.4) is 0 Å². The van der Waals surface area contributed by atoms with Crippen molar-refractivity contribution in [2.45, 2.75) is 12.8 Å². The maximum atomic E-state index is 13.0. The van der Waals surface area contributed by atoms with Gasteiger partial charge in [-0.3, -0.25) is 4.79 Å². The summed E-state index contributed by atoms with van der Waals surface area (Å²) in [5.41, 5.74) is 2.09. The van der Waals surface area contributed by atoms with Gasteiger partial charge in [0, 0.05) is 13.1 Å². The van der Waals surface area contributed by atoms with Gasteiger partial charge in [0.05, 0.1) is 15.6 Å². The monoisotopic (exact) mass is 357 g/mol. The Morgan fingerprint density at radius 1 is 1.12 bits per heavy atom. The molecule has 6 heteroatoms. The second kappa shape index (κ2) is 6.42. The van der Waals surface area contributed by atoms with E-state index in [-0.39, 0.29) is 5.91 Å². The first-order valence-corrected chi connectivity index (χ1v) is 9.18. The van der Waals surface area contributed by atoms with Gasteiger partial charge in [0.25, 0.3) is 5.91 Å². The van der Waals surface area contributed by atoms with Crippen LogP contribution >= 0.6 is 22.9 Å². The number of amides is 1. The molecule has 4 nitrogen and oxygen atoms in total. The number of para-hydroxylation sites is 1. The summed E-state index contributed by atoms with van der Waals surface area (Å²) in [5, 5.41) is 7.25. The van der Waals surface area contributed by atoms with E-state index in [4.69, 9.17) is 11.6 Å². The number of hydrogen-bond donors (Lipinski definition) is 0. The van der Waals surface area contributed by atoms with E-state index in [1.165, 1.54) is 0 Å². The Morgan fingerprint density at radius 2 is 1.92 bits per heavy atom. The van der Waals surface area contributed by atoms with Crippen LogP contribution in [0, 0.1) is 0 Å². The molecule has 24 heavy (non-hydrogen) atoms. The van der Waals surface area contributed by atoms with Crippen LogP contribution in [0.1, 0.15) is 23.3 Å². The van der Waals surface area contributed by atoms with E-state index < -0.39 is 0 Å². The van der Waals surface area contributed by atoms with E-state index in [1.807, 2.05) is 52.7 Å². The third kappa shape index (κ3) is 2.74. The van der Waals surface area contributed by atoms with Crippen LogP contribution in [0.15, 0.2) is 47.8 Å². The molecule has 1 aliphatic heterocycles. The number of hydrogen-bond acceptors (Lipinski definition) is 3. The van der Waals surface area contributed by atoms with Gasteiger partial charge in [-0.1, -0.05) is 29.8 Å². The fraction of sp³-hybridized carbons (Fsp3) is 0.222. The molecule has 0 spiro atoms. The molecule has 0 radical (unpaired) electrons. The lowest BCUT2D eigenvalue weighted by Gasteiger charge is -2.16. The highest BCUT2D eigenvalue weighted by Crippen LogP contribution is 2.29. The van der Waals surface area contributed by atoms with Gasteiger partial charge in [0.1, 0.15) is 11.4 Å². The third-order valence-corrected chi connectivity index (χ3v) is 5.39. The number of rotatable bonds is 3. The summed E-state index contributed by atoms with van der Waals surface area (Å²) in [4.78, 5) is 15.9. The summed E-state index contributed by atoms with van der Waals surface area (Å²) >= 11 is 7.95. The molecule has 122 valence electrons. The fourth-order valence-electron chi connectivity index (χ4n) is 2.97. The van der Waals surface area contributed by atoms with E-state index in [2.05, 4.69) is 5.10 Å². The summed E-state index contributed by atoms with van der Waals surface area (Å²) in [5.74, 6) is 0.0164. The maximum Gasteiger partial charge on any atom is 0.272 e. The topological polar surface area (TPSA) is 38.1 Å². The van der Waals surface area contributed by atoms with Crippen molar-refractivity contribution in [3.63, 3.8) is 0 Å². The molecule has 1 fully saturated rings. The van der Waals surface area contributed by atoms with Crippen molar-refractivity contribution in [3.05, 3.63) is 58.6 Å². The van der Waals surface area contributed by atoms with Crippen LogP contribution in [-0.4, -0.2) is 33.7 Å². The van der Waals surface area contributed by atoms with Crippen molar-refractivity contribution in [3.8, 4) is 16.3 Å². The molecule has 0 atom stereocenters. The molecule has 0 saturated carbocycles. The molecular weight excluding hydrogens is 342 g/mol. The van der Waals surface area contributed by atoms with Crippen molar-refractivity contribution in [2.75, 3.05) is 13.1 Å². The largest absolute Gasteiger partial charge is 0.337 e. The SMILES string of the molecule is O=C(c1cc(-c2cccs2)nn1-c1ccccc1Cl)N1CCCC1. The lowest BCUT2D eigenvalue weighted by molar-refractivity contribution is 0.0784. The van der Waals surface area contributed by atoms with Crippen molar-refractivity contribution < 1.29 is 4.79 Å². The lowest BCUT2D eigenvalue weighted by Crippen LogP contribution is -2.29. The number of aromatic nitrogens is 2. The zero-order valence-electron chi connectivity index (χ0n) is 13.0. The van der Waals surface area contributed by atoms with Crippen molar-refractivity contribution >= 4 is 28.8 Å². The minimum absolute atomic E-state index is 0.0164. The predicted octanol–water partition coefficient (Wildman–Crippen LogP) is 4.49. The molecule has 3 aromatic rings. The van der Waals surface area contributed by atoms with Crippen molar-refractivity contribution in [1.82, 2.24) is 14.7 Å². The van der Waals surface area contributed by atoms with Gasteiger partial charge < -0.3 is 4.90 Å². The number of likely N-dealkylation sites (tertiary alicyclic amines) is 1. The van der Waals surface area contributed by atoms with Crippen LogP contribution in [0.5, 0.6) is 0 Å². The lowest BCUT2D eigenvalue weighted by atomic mass is 10.2. The summed E-state index contributed by atoms with van der Waals surface area (Å²) in [6.45, 7) is 1.61. The highest BCUT2D eigenvalue weighted by atomic mass is 35.5. The normalized spacial score (nSPS) is 14.3. The third-order valence-electron chi connectivity index (χ3n) is 4.18. The van der Waals surface area contributed by atoms with Gasteiger partial charge in [-0.25, -0.2) is 4.68 Å². The second-order valence-corrected chi connectivity index (χ2v) is 7.11.